The minimum Gasteiger partial charge on any atom is -0.490 e. The van der Waals surface area contributed by atoms with Crippen molar-refractivity contribution in [3.8, 4) is 11.5 Å². The summed E-state index contributed by atoms with van der Waals surface area (Å²) in [4.78, 5) is 18.6. The number of nitrogens with one attached hydrogen (secondary N) is 2. The Labute approximate surface area is 173 Å². The molecule has 0 radical (unpaired) electrons. The summed E-state index contributed by atoms with van der Waals surface area (Å²) < 4.78 is 25.2. The van der Waals surface area contributed by atoms with Gasteiger partial charge in [0.25, 0.3) is 5.56 Å². The first-order chi connectivity index (χ1) is 14.5. The van der Waals surface area contributed by atoms with Crippen molar-refractivity contribution in [2.75, 3.05) is 12.0 Å². The Bertz CT molecular complexity index is 1110. The van der Waals surface area contributed by atoms with Crippen LogP contribution in [0.25, 0.3) is 0 Å². The number of aromatic nitrogens is 2. The van der Waals surface area contributed by atoms with Crippen LogP contribution in [0.1, 0.15) is 29.3 Å². The SMILES string of the molecule is CCOc1cc(/C=N\Nc2nc(C)c(C)c(=O)[nH]2)ccc1OCc1ccccc1F. The van der Waals surface area contributed by atoms with Gasteiger partial charge < -0.3 is 9.47 Å². The van der Waals surface area contributed by atoms with Crippen LogP contribution >= 0.6 is 0 Å². The van der Waals surface area contributed by atoms with Crippen LogP contribution < -0.4 is 20.5 Å². The second-order valence-corrected chi connectivity index (χ2v) is 6.51. The molecular formula is C22H23FN4O3. The summed E-state index contributed by atoms with van der Waals surface area (Å²) in [7, 11) is 0. The lowest BCUT2D eigenvalue weighted by atomic mass is 10.2. The molecule has 0 aliphatic rings. The lowest BCUT2D eigenvalue weighted by molar-refractivity contribution is 0.266. The highest BCUT2D eigenvalue weighted by atomic mass is 19.1. The number of hydrazone groups is 1. The van der Waals surface area contributed by atoms with E-state index in [4.69, 9.17) is 9.47 Å². The number of aryl methyl sites for hydroxylation is 1. The topological polar surface area (TPSA) is 88.6 Å². The zero-order chi connectivity index (χ0) is 21.5. The average molecular weight is 410 g/mol. The second kappa shape index (κ2) is 9.69. The maximum atomic E-state index is 13.8. The molecule has 0 bridgehead atoms. The van der Waals surface area contributed by atoms with Crippen LogP contribution in [-0.2, 0) is 6.61 Å². The highest BCUT2D eigenvalue weighted by Gasteiger charge is 2.08. The van der Waals surface area contributed by atoms with Crippen LogP contribution in [0.15, 0.2) is 52.4 Å². The molecule has 2 aromatic carbocycles. The second-order valence-electron chi connectivity index (χ2n) is 6.51. The fourth-order valence-electron chi connectivity index (χ4n) is 2.63. The zero-order valence-electron chi connectivity index (χ0n) is 17.0. The van der Waals surface area contributed by atoms with E-state index in [1.165, 1.54) is 6.07 Å². The third kappa shape index (κ3) is 5.22. The fourth-order valence-corrected chi connectivity index (χ4v) is 2.63. The highest BCUT2D eigenvalue weighted by molar-refractivity contribution is 5.81. The van der Waals surface area contributed by atoms with Gasteiger partial charge >= 0.3 is 0 Å². The molecule has 0 spiro atoms. The highest BCUT2D eigenvalue weighted by Crippen LogP contribution is 2.29. The summed E-state index contributed by atoms with van der Waals surface area (Å²) >= 11 is 0. The average Bonchev–Trinajstić information content (AvgIpc) is 2.72. The number of hydrogen-bond donors (Lipinski definition) is 2. The molecule has 0 aliphatic carbocycles. The predicted molar refractivity (Wildman–Crippen MR) is 114 cm³/mol. The van der Waals surface area contributed by atoms with Crippen molar-refractivity contribution >= 4 is 12.2 Å². The third-order valence-corrected chi connectivity index (χ3v) is 4.39. The van der Waals surface area contributed by atoms with Crippen LogP contribution in [0.2, 0.25) is 0 Å². The van der Waals surface area contributed by atoms with Crippen molar-refractivity contribution in [3.63, 3.8) is 0 Å². The van der Waals surface area contributed by atoms with E-state index in [1.54, 1.807) is 56.5 Å². The van der Waals surface area contributed by atoms with E-state index in [1.807, 2.05) is 6.92 Å². The molecule has 156 valence electrons. The Morgan fingerprint density at radius 2 is 1.97 bits per heavy atom. The van der Waals surface area contributed by atoms with Gasteiger partial charge in [-0.3, -0.25) is 9.78 Å². The molecule has 0 atom stereocenters. The van der Waals surface area contributed by atoms with Crippen molar-refractivity contribution in [1.82, 2.24) is 9.97 Å². The van der Waals surface area contributed by atoms with Crippen LogP contribution in [0, 0.1) is 19.7 Å². The van der Waals surface area contributed by atoms with Gasteiger partial charge in [-0.15, -0.1) is 0 Å². The molecule has 3 rings (SSSR count). The van der Waals surface area contributed by atoms with E-state index < -0.39 is 0 Å². The van der Waals surface area contributed by atoms with Gasteiger partial charge in [-0.2, -0.15) is 5.10 Å². The molecule has 1 aromatic heterocycles. The van der Waals surface area contributed by atoms with Gasteiger partial charge in [0.05, 0.1) is 12.8 Å². The third-order valence-electron chi connectivity index (χ3n) is 4.39. The molecule has 0 saturated carbocycles. The van der Waals surface area contributed by atoms with Gasteiger partial charge in [0.2, 0.25) is 5.95 Å². The lowest BCUT2D eigenvalue weighted by Gasteiger charge is -2.13. The van der Waals surface area contributed by atoms with Crippen molar-refractivity contribution in [2.24, 2.45) is 5.10 Å². The van der Waals surface area contributed by atoms with Gasteiger partial charge in [0.1, 0.15) is 12.4 Å². The molecule has 2 N–H and O–H groups in total. The summed E-state index contributed by atoms with van der Waals surface area (Å²) in [6.45, 7) is 5.87. The maximum Gasteiger partial charge on any atom is 0.255 e. The van der Waals surface area contributed by atoms with Gasteiger partial charge in [-0.25, -0.2) is 14.8 Å². The van der Waals surface area contributed by atoms with Crippen molar-refractivity contribution < 1.29 is 13.9 Å². The molecule has 0 unspecified atom stereocenters. The maximum absolute atomic E-state index is 13.8. The smallest absolute Gasteiger partial charge is 0.255 e. The van der Waals surface area contributed by atoms with Crippen LogP contribution in [0.4, 0.5) is 10.3 Å². The number of nitrogens with zero attached hydrogens (tertiary/aromatic N) is 2. The van der Waals surface area contributed by atoms with Crippen LogP contribution in [0.5, 0.6) is 11.5 Å². The van der Waals surface area contributed by atoms with Gasteiger partial charge in [-0.1, -0.05) is 18.2 Å². The molecule has 3 aromatic rings. The normalized spacial score (nSPS) is 10.9. The fraction of sp³-hybridized carbons (Fsp3) is 0.227. The van der Waals surface area contributed by atoms with E-state index in [0.717, 1.165) is 5.56 Å². The van der Waals surface area contributed by atoms with E-state index in [2.05, 4.69) is 20.5 Å². The number of anilines is 1. The first-order valence-electron chi connectivity index (χ1n) is 9.47. The van der Waals surface area contributed by atoms with Crippen molar-refractivity contribution in [1.29, 1.82) is 0 Å². The number of hydrogen-bond acceptors (Lipinski definition) is 6. The van der Waals surface area contributed by atoms with Crippen molar-refractivity contribution in [3.05, 3.63) is 81.0 Å². The van der Waals surface area contributed by atoms with E-state index in [0.29, 0.717) is 34.9 Å². The summed E-state index contributed by atoms with van der Waals surface area (Å²) in [5, 5.41) is 4.11. The first-order valence-corrected chi connectivity index (χ1v) is 9.47. The molecule has 7 nitrogen and oxygen atoms in total. The predicted octanol–water partition coefficient (Wildman–Crippen LogP) is 3.95. The number of benzene rings is 2. The van der Waals surface area contributed by atoms with Crippen LogP contribution in [0.3, 0.4) is 0 Å². The number of halogens is 1. The van der Waals surface area contributed by atoms with Gasteiger partial charge in [0.15, 0.2) is 11.5 Å². The quantitative estimate of drug-likeness (QED) is 0.434. The number of rotatable bonds is 8. The summed E-state index contributed by atoms with van der Waals surface area (Å²) in [6, 6.07) is 11.8. The Morgan fingerprint density at radius 3 is 2.70 bits per heavy atom. The van der Waals surface area contributed by atoms with Crippen LogP contribution in [-0.4, -0.2) is 22.8 Å². The molecule has 0 aliphatic heterocycles. The molecule has 0 saturated heterocycles. The number of H-pyrrole nitrogens is 1. The van der Waals surface area contributed by atoms with E-state index in [-0.39, 0.29) is 23.9 Å². The summed E-state index contributed by atoms with van der Waals surface area (Å²) in [6.07, 6.45) is 1.57. The number of ether oxygens (including phenoxy) is 2. The summed E-state index contributed by atoms with van der Waals surface area (Å²) in [5.74, 6) is 0.971. The minimum atomic E-state index is -0.316. The zero-order valence-corrected chi connectivity index (χ0v) is 17.0. The Kier molecular flexibility index (Phi) is 6.79. The molecule has 0 amide bonds. The number of aromatic amines is 1. The van der Waals surface area contributed by atoms with E-state index in [9.17, 15) is 9.18 Å². The molecule has 0 fully saturated rings. The largest absolute Gasteiger partial charge is 0.490 e. The Morgan fingerprint density at radius 1 is 1.17 bits per heavy atom. The molecule has 8 heteroatoms. The van der Waals surface area contributed by atoms with Gasteiger partial charge in [0, 0.05) is 16.8 Å². The standard InChI is InChI=1S/C22H23FN4O3/c1-4-29-20-11-16(12-24-27-22-25-15(3)14(2)21(28)26-22)9-10-19(20)30-13-17-7-5-6-8-18(17)23/h5-12H,4,13H2,1-3H3,(H2,25,26,27,28)/b24-12-. The Hall–Kier alpha value is -3.68. The molecule has 1 heterocycles. The molecule has 30 heavy (non-hydrogen) atoms. The monoisotopic (exact) mass is 410 g/mol. The van der Waals surface area contributed by atoms with Gasteiger partial charge in [-0.05, 0) is 50.6 Å². The summed E-state index contributed by atoms with van der Waals surface area (Å²) in [5.41, 5.74) is 4.90. The van der Waals surface area contributed by atoms with Crippen molar-refractivity contribution in [2.45, 2.75) is 27.4 Å². The van der Waals surface area contributed by atoms with E-state index >= 15 is 0 Å². The lowest BCUT2D eigenvalue weighted by Crippen LogP contribution is -2.15. The minimum absolute atomic E-state index is 0.0908. The first kappa shape index (κ1) is 21.0. The Balaban J connectivity index is 1.72. The molecular weight excluding hydrogens is 387 g/mol.